The SMILES string of the molecule is CSCCCCCCNC1CC(C)OC(C)C1. The fourth-order valence-corrected chi connectivity index (χ4v) is 3.10. The van der Waals surface area contributed by atoms with Crippen LogP contribution >= 0.6 is 11.8 Å². The van der Waals surface area contributed by atoms with Crippen LogP contribution in [0.3, 0.4) is 0 Å². The fraction of sp³-hybridized carbons (Fsp3) is 1.00. The molecule has 2 atom stereocenters. The van der Waals surface area contributed by atoms with Gasteiger partial charge in [-0.1, -0.05) is 12.8 Å². The van der Waals surface area contributed by atoms with Crippen molar-refractivity contribution in [2.45, 2.75) is 70.6 Å². The summed E-state index contributed by atoms with van der Waals surface area (Å²) < 4.78 is 5.75. The molecule has 0 aliphatic carbocycles. The number of unbranched alkanes of at least 4 members (excludes halogenated alkanes) is 3. The van der Waals surface area contributed by atoms with Gasteiger partial charge < -0.3 is 10.1 Å². The van der Waals surface area contributed by atoms with E-state index in [1.807, 2.05) is 11.8 Å². The highest BCUT2D eigenvalue weighted by atomic mass is 32.2. The molecule has 1 saturated heterocycles. The van der Waals surface area contributed by atoms with Crippen LogP contribution in [0, 0.1) is 0 Å². The molecule has 0 radical (unpaired) electrons. The van der Waals surface area contributed by atoms with Crippen LogP contribution in [-0.2, 0) is 4.74 Å². The molecule has 1 aliphatic rings. The van der Waals surface area contributed by atoms with E-state index in [0.717, 1.165) is 0 Å². The van der Waals surface area contributed by atoms with Crippen LogP contribution in [0.1, 0.15) is 52.4 Å². The average Bonchev–Trinajstić information content (AvgIpc) is 2.26. The summed E-state index contributed by atoms with van der Waals surface area (Å²) in [5.74, 6) is 1.32. The number of hydrogen-bond acceptors (Lipinski definition) is 3. The van der Waals surface area contributed by atoms with Crippen LogP contribution < -0.4 is 5.32 Å². The van der Waals surface area contributed by atoms with E-state index in [4.69, 9.17) is 4.74 Å². The molecule has 17 heavy (non-hydrogen) atoms. The summed E-state index contributed by atoms with van der Waals surface area (Å²) in [6, 6.07) is 0.681. The first-order chi connectivity index (χ1) is 8.22. The monoisotopic (exact) mass is 259 g/mol. The molecule has 1 rings (SSSR count). The van der Waals surface area contributed by atoms with Gasteiger partial charge in [-0.05, 0) is 58.1 Å². The highest BCUT2D eigenvalue weighted by Gasteiger charge is 2.23. The predicted molar refractivity (Wildman–Crippen MR) is 77.9 cm³/mol. The molecular formula is C14H29NOS. The molecule has 2 unspecified atom stereocenters. The van der Waals surface area contributed by atoms with E-state index in [-0.39, 0.29) is 0 Å². The second-order valence-corrected chi connectivity index (χ2v) is 6.27. The minimum absolute atomic E-state index is 0.429. The summed E-state index contributed by atoms with van der Waals surface area (Å²) in [5.41, 5.74) is 0. The molecule has 0 aromatic carbocycles. The van der Waals surface area contributed by atoms with Crippen molar-refractivity contribution in [2.24, 2.45) is 0 Å². The third kappa shape index (κ3) is 7.32. The molecule has 1 fully saturated rings. The molecule has 2 nitrogen and oxygen atoms in total. The Morgan fingerprint density at radius 3 is 2.35 bits per heavy atom. The van der Waals surface area contributed by atoms with Crippen molar-refractivity contribution in [3.8, 4) is 0 Å². The van der Waals surface area contributed by atoms with Gasteiger partial charge in [0.1, 0.15) is 0 Å². The first-order valence-electron chi connectivity index (χ1n) is 7.10. The third-order valence-electron chi connectivity index (χ3n) is 3.41. The first kappa shape index (κ1) is 15.3. The Kier molecular flexibility index (Phi) is 8.33. The van der Waals surface area contributed by atoms with Gasteiger partial charge in [0.25, 0.3) is 0 Å². The van der Waals surface area contributed by atoms with Gasteiger partial charge in [0.2, 0.25) is 0 Å². The Balaban J connectivity index is 1.95. The maximum Gasteiger partial charge on any atom is 0.0565 e. The van der Waals surface area contributed by atoms with Crippen molar-refractivity contribution in [2.75, 3.05) is 18.6 Å². The lowest BCUT2D eigenvalue weighted by Crippen LogP contribution is -2.41. The van der Waals surface area contributed by atoms with E-state index >= 15 is 0 Å². The van der Waals surface area contributed by atoms with E-state index in [1.54, 1.807) is 0 Å². The van der Waals surface area contributed by atoms with Gasteiger partial charge in [-0.15, -0.1) is 0 Å². The van der Waals surface area contributed by atoms with Crippen LogP contribution in [0.2, 0.25) is 0 Å². The Bertz CT molecular complexity index is 179. The standard InChI is InChI=1S/C14H29NOS/c1-12-10-14(11-13(2)16-12)15-8-6-4-5-7-9-17-3/h12-15H,4-11H2,1-3H3. The van der Waals surface area contributed by atoms with Crippen LogP contribution in [-0.4, -0.2) is 36.8 Å². The molecule has 0 spiro atoms. The van der Waals surface area contributed by atoms with Gasteiger partial charge in [0, 0.05) is 6.04 Å². The summed E-state index contributed by atoms with van der Waals surface area (Å²) in [6.45, 7) is 5.56. The van der Waals surface area contributed by atoms with Crippen LogP contribution in [0.4, 0.5) is 0 Å². The first-order valence-corrected chi connectivity index (χ1v) is 8.49. The van der Waals surface area contributed by atoms with Crippen molar-refractivity contribution >= 4 is 11.8 Å². The molecule has 3 heteroatoms. The lowest BCUT2D eigenvalue weighted by Gasteiger charge is -2.32. The van der Waals surface area contributed by atoms with Crippen molar-refractivity contribution in [3.63, 3.8) is 0 Å². The molecular weight excluding hydrogens is 230 g/mol. The van der Waals surface area contributed by atoms with E-state index < -0.39 is 0 Å². The quantitative estimate of drug-likeness (QED) is 0.675. The summed E-state index contributed by atoms with van der Waals surface area (Å²) >= 11 is 1.96. The Labute approximate surface area is 111 Å². The summed E-state index contributed by atoms with van der Waals surface area (Å²) in [5, 5.41) is 3.69. The van der Waals surface area contributed by atoms with Gasteiger partial charge in [0.05, 0.1) is 12.2 Å². The second kappa shape index (κ2) is 9.23. The smallest absolute Gasteiger partial charge is 0.0565 e. The van der Waals surface area contributed by atoms with Crippen LogP contribution in [0.15, 0.2) is 0 Å². The highest BCUT2D eigenvalue weighted by Crippen LogP contribution is 2.18. The molecule has 1 heterocycles. The minimum Gasteiger partial charge on any atom is -0.375 e. The zero-order valence-corrected chi connectivity index (χ0v) is 12.5. The Morgan fingerprint density at radius 2 is 1.71 bits per heavy atom. The van der Waals surface area contributed by atoms with Gasteiger partial charge in [-0.3, -0.25) is 0 Å². The molecule has 102 valence electrons. The van der Waals surface area contributed by atoms with E-state index in [0.29, 0.717) is 18.2 Å². The Morgan fingerprint density at radius 1 is 1.06 bits per heavy atom. The zero-order chi connectivity index (χ0) is 12.5. The number of ether oxygens (including phenoxy) is 1. The van der Waals surface area contributed by atoms with E-state index in [2.05, 4.69) is 25.4 Å². The number of hydrogen-bond donors (Lipinski definition) is 1. The topological polar surface area (TPSA) is 21.3 Å². The average molecular weight is 259 g/mol. The summed E-state index contributed by atoms with van der Waals surface area (Å²) in [4.78, 5) is 0. The lowest BCUT2D eigenvalue weighted by atomic mass is 10.00. The normalized spacial score (nSPS) is 29.5. The maximum absolute atomic E-state index is 5.75. The molecule has 0 saturated carbocycles. The summed E-state index contributed by atoms with van der Waals surface area (Å²) in [6.07, 6.45) is 10.9. The van der Waals surface area contributed by atoms with Crippen molar-refractivity contribution < 1.29 is 4.74 Å². The molecule has 0 aromatic rings. The number of rotatable bonds is 8. The molecule has 0 bridgehead atoms. The number of thioether (sulfide) groups is 1. The lowest BCUT2D eigenvalue weighted by molar-refractivity contribution is -0.0420. The van der Waals surface area contributed by atoms with Gasteiger partial charge in [-0.2, -0.15) is 11.8 Å². The minimum atomic E-state index is 0.429. The second-order valence-electron chi connectivity index (χ2n) is 5.29. The van der Waals surface area contributed by atoms with Crippen LogP contribution in [0.5, 0.6) is 0 Å². The number of nitrogens with one attached hydrogen (secondary N) is 1. The molecule has 0 amide bonds. The van der Waals surface area contributed by atoms with E-state index in [1.165, 1.54) is 50.8 Å². The molecule has 0 aromatic heterocycles. The van der Waals surface area contributed by atoms with Gasteiger partial charge in [-0.25, -0.2) is 0 Å². The summed E-state index contributed by atoms with van der Waals surface area (Å²) in [7, 11) is 0. The van der Waals surface area contributed by atoms with Crippen molar-refractivity contribution in [3.05, 3.63) is 0 Å². The molecule has 1 N–H and O–H groups in total. The third-order valence-corrected chi connectivity index (χ3v) is 4.10. The molecule has 1 aliphatic heterocycles. The maximum atomic E-state index is 5.75. The van der Waals surface area contributed by atoms with Crippen molar-refractivity contribution in [1.82, 2.24) is 5.32 Å². The predicted octanol–water partition coefficient (Wildman–Crippen LogP) is 3.46. The zero-order valence-electron chi connectivity index (χ0n) is 11.7. The largest absolute Gasteiger partial charge is 0.375 e. The van der Waals surface area contributed by atoms with Crippen LogP contribution in [0.25, 0.3) is 0 Å². The van der Waals surface area contributed by atoms with E-state index in [9.17, 15) is 0 Å². The van der Waals surface area contributed by atoms with Crippen molar-refractivity contribution in [1.29, 1.82) is 0 Å². The highest BCUT2D eigenvalue weighted by molar-refractivity contribution is 7.98. The fourth-order valence-electron chi connectivity index (χ4n) is 2.60. The Hall–Kier alpha value is 0.270. The van der Waals surface area contributed by atoms with Gasteiger partial charge >= 0.3 is 0 Å². The van der Waals surface area contributed by atoms with Gasteiger partial charge in [0.15, 0.2) is 0 Å².